The summed E-state index contributed by atoms with van der Waals surface area (Å²) in [7, 11) is 0. The molecule has 0 saturated carbocycles. The standard InChI is InChI=1S/C10H19NO2/c1-7(6-8(2)12)9(13)11-10(3,4)5/h7H,6H2,1-5H3,(H,11,13)/t7-/m1/s1. The minimum Gasteiger partial charge on any atom is -0.351 e. The Labute approximate surface area is 79.9 Å². The van der Waals surface area contributed by atoms with Gasteiger partial charge in [0.15, 0.2) is 0 Å². The first-order chi connectivity index (χ1) is 5.72. The van der Waals surface area contributed by atoms with Gasteiger partial charge in [-0.15, -0.1) is 0 Å². The SMILES string of the molecule is CC(=O)C[C@@H](C)C(=O)NC(C)(C)C. The Morgan fingerprint density at radius 3 is 2.08 bits per heavy atom. The fourth-order valence-corrected chi connectivity index (χ4v) is 1.02. The summed E-state index contributed by atoms with van der Waals surface area (Å²) in [6.45, 7) is 9.03. The van der Waals surface area contributed by atoms with Gasteiger partial charge in [-0.3, -0.25) is 4.79 Å². The van der Waals surface area contributed by atoms with Crippen LogP contribution in [0.3, 0.4) is 0 Å². The lowest BCUT2D eigenvalue weighted by atomic mass is 10.0. The van der Waals surface area contributed by atoms with Crippen LogP contribution < -0.4 is 5.32 Å². The first-order valence-corrected chi connectivity index (χ1v) is 4.54. The molecule has 0 aromatic carbocycles. The monoisotopic (exact) mass is 185 g/mol. The van der Waals surface area contributed by atoms with Gasteiger partial charge in [0.25, 0.3) is 0 Å². The number of hydrogen-bond donors (Lipinski definition) is 1. The molecule has 0 aliphatic heterocycles. The summed E-state index contributed by atoms with van der Waals surface area (Å²) < 4.78 is 0. The van der Waals surface area contributed by atoms with Crippen LogP contribution in [-0.2, 0) is 9.59 Å². The van der Waals surface area contributed by atoms with Crippen LogP contribution in [0.5, 0.6) is 0 Å². The Hall–Kier alpha value is -0.860. The number of carbonyl (C=O) groups is 2. The van der Waals surface area contributed by atoms with Crippen LogP contribution in [0.15, 0.2) is 0 Å². The first kappa shape index (κ1) is 12.1. The van der Waals surface area contributed by atoms with Crippen molar-refractivity contribution in [3.8, 4) is 0 Å². The van der Waals surface area contributed by atoms with E-state index >= 15 is 0 Å². The van der Waals surface area contributed by atoms with E-state index in [2.05, 4.69) is 5.32 Å². The Bertz CT molecular complexity index is 203. The van der Waals surface area contributed by atoms with Crippen molar-refractivity contribution in [2.24, 2.45) is 5.92 Å². The number of amides is 1. The topological polar surface area (TPSA) is 46.2 Å². The van der Waals surface area contributed by atoms with Crippen molar-refractivity contribution in [3.05, 3.63) is 0 Å². The van der Waals surface area contributed by atoms with Gasteiger partial charge in [-0.1, -0.05) is 6.92 Å². The normalized spacial score (nSPS) is 13.6. The smallest absolute Gasteiger partial charge is 0.223 e. The van der Waals surface area contributed by atoms with Gasteiger partial charge in [-0.25, -0.2) is 0 Å². The molecule has 1 amide bonds. The second kappa shape index (κ2) is 4.40. The fraction of sp³-hybridized carbons (Fsp3) is 0.800. The molecule has 1 N–H and O–H groups in total. The number of Topliss-reactive ketones (excluding diaryl/α,β-unsaturated/α-hetero) is 1. The minimum absolute atomic E-state index is 0.0524. The van der Waals surface area contributed by atoms with E-state index in [1.165, 1.54) is 6.92 Å². The summed E-state index contributed by atoms with van der Waals surface area (Å²) in [6, 6.07) is 0. The lowest BCUT2D eigenvalue weighted by molar-refractivity contribution is -0.129. The minimum atomic E-state index is -0.225. The van der Waals surface area contributed by atoms with Crippen molar-refractivity contribution >= 4 is 11.7 Å². The molecule has 0 aromatic heterocycles. The van der Waals surface area contributed by atoms with E-state index in [0.717, 1.165) is 0 Å². The number of carbonyl (C=O) groups excluding carboxylic acids is 2. The van der Waals surface area contributed by atoms with Crippen molar-refractivity contribution in [2.45, 2.75) is 46.6 Å². The van der Waals surface area contributed by atoms with Crippen molar-refractivity contribution in [3.63, 3.8) is 0 Å². The Balaban J connectivity index is 4.05. The second-order valence-electron chi connectivity index (χ2n) is 4.55. The second-order valence-corrected chi connectivity index (χ2v) is 4.55. The zero-order valence-corrected chi connectivity index (χ0v) is 9.10. The molecule has 0 rings (SSSR count). The number of rotatable bonds is 3. The van der Waals surface area contributed by atoms with Gasteiger partial charge in [-0.05, 0) is 27.7 Å². The van der Waals surface area contributed by atoms with Crippen molar-refractivity contribution in [1.29, 1.82) is 0 Å². The van der Waals surface area contributed by atoms with Gasteiger partial charge in [0, 0.05) is 17.9 Å². The van der Waals surface area contributed by atoms with Gasteiger partial charge in [0.2, 0.25) is 5.91 Å². The Morgan fingerprint density at radius 1 is 1.31 bits per heavy atom. The summed E-state index contributed by atoms with van der Waals surface area (Å²) in [5.74, 6) is -0.226. The number of nitrogens with one attached hydrogen (secondary N) is 1. The van der Waals surface area contributed by atoms with E-state index in [1.807, 2.05) is 20.8 Å². The highest BCUT2D eigenvalue weighted by Crippen LogP contribution is 2.06. The maximum absolute atomic E-state index is 11.4. The predicted molar refractivity (Wildman–Crippen MR) is 52.4 cm³/mol. The molecule has 0 aliphatic rings. The molecule has 3 nitrogen and oxygen atoms in total. The highest BCUT2D eigenvalue weighted by atomic mass is 16.2. The molecule has 0 fully saturated rings. The largest absolute Gasteiger partial charge is 0.351 e. The van der Waals surface area contributed by atoms with Crippen LogP contribution in [0, 0.1) is 5.92 Å². The van der Waals surface area contributed by atoms with Crippen molar-refractivity contribution in [2.75, 3.05) is 0 Å². The maximum atomic E-state index is 11.4. The summed E-state index contributed by atoms with van der Waals surface area (Å²) >= 11 is 0. The molecule has 0 aromatic rings. The quantitative estimate of drug-likeness (QED) is 0.724. The molecule has 0 radical (unpaired) electrons. The van der Waals surface area contributed by atoms with E-state index in [-0.39, 0.29) is 23.1 Å². The molecule has 1 atom stereocenters. The summed E-state index contributed by atoms with van der Waals surface area (Å²) in [4.78, 5) is 22.2. The lowest BCUT2D eigenvalue weighted by Crippen LogP contribution is -2.43. The average molecular weight is 185 g/mol. The van der Waals surface area contributed by atoms with Gasteiger partial charge in [-0.2, -0.15) is 0 Å². The lowest BCUT2D eigenvalue weighted by Gasteiger charge is -2.22. The third kappa shape index (κ3) is 6.31. The van der Waals surface area contributed by atoms with E-state index in [0.29, 0.717) is 6.42 Å². The van der Waals surface area contributed by atoms with E-state index < -0.39 is 0 Å². The van der Waals surface area contributed by atoms with Crippen molar-refractivity contribution in [1.82, 2.24) is 5.32 Å². The van der Waals surface area contributed by atoms with E-state index in [4.69, 9.17) is 0 Å². The molecule has 0 spiro atoms. The molecule has 13 heavy (non-hydrogen) atoms. The molecule has 0 aliphatic carbocycles. The highest BCUT2D eigenvalue weighted by molar-refractivity contribution is 5.85. The molecule has 0 saturated heterocycles. The van der Waals surface area contributed by atoms with Crippen LogP contribution in [0.2, 0.25) is 0 Å². The number of hydrogen-bond acceptors (Lipinski definition) is 2. The van der Waals surface area contributed by atoms with Crippen LogP contribution in [0.4, 0.5) is 0 Å². The van der Waals surface area contributed by atoms with Crippen LogP contribution in [0.1, 0.15) is 41.0 Å². The van der Waals surface area contributed by atoms with Gasteiger partial charge in [0.05, 0.1) is 0 Å². The predicted octanol–water partition coefficient (Wildman–Crippen LogP) is 1.52. The highest BCUT2D eigenvalue weighted by Gasteiger charge is 2.19. The maximum Gasteiger partial charge on any atom is 0.223 e. The zero-order chi connectivity index (χ0) is 10.6. The molecule has 76 valence electrons. The molecule has 3 heteroatoms. The van der Waals surface area contributed by atoms with Crippen LogP contribution in [-0.4, -0.2) is 17.2 Å². The summed E-state index contributed by atoms with van der Waals surface area (Å²) in [6.07, 6.45) is 0.321. The summed E-state index contributed by atoms with van der Waals surface area (Å²) in [5, 5.41) is 2.83. The molecular weight excluding hydrogens is 166 g/mol. The van der Waals surface area contributed by atoms with Gasteiger partial charge < -0.3 is 10.1 Å². The molecule has 0 heterocycles. The van der Waals surface area contributed by atoms with Crippen molar-refractivity contribution < 1.29 is 9.59 Å². The average Bonchev–Trinajstić information content (AvgIpc) is 1.81. The number of ketones is 1. The van der Waals surface area contributed by atoms with Gasteiger partial charge in [0.1, 0.15) is 5.78 Å². The molecule has 0 unspecified atom stereocenters. The van der Waals surface area contributed by atoms with E-state index in [1.54, 1.807) is 6.92 Å². The van der Waals surface area contributed by atoms with E-state index in [9.17, 15) is 9.59 Å². The zero-order valence-electron chi connectivity index (χ0n) is 9.10. The Kier molecular flexibility index (Phi) is 4.11. The fourth-order valence-electron chi connectivity index (χ4n) is 1.02. The van der Waals surface area contributed by atoms with Crippen LogP contribution >= 0.6 is 0 Å². The third-order valence-corrected chi connectivity index (χ3v) is 1.54. The van der Waals surface area contributed by atoms with Crippen LogP contribution in [0.25, 0.3) is 0 Å². The summed E-state index contributed by atoms with van der Waals surface area (Å²) in [5.41, 5.74) is -0.220. The molecule has 0 bridgehead atoms. The Morgan fingerprint density at radius 2 is 1.77 bits per heavy atom. The molecular formula is C10H19NO2. The first-order valence-electron chi connectivity index (χ1n) is 4.54. The third-order valence-electron chi connectivity index (χ3n) is 1.54. The van der Waals surface area contributed by atoms with Gasteiger partial charge >= 0.3 is 0 Å².